The molecule has 1 aliphatic heterocycles. The predicted molar refractivity (Wildman–Crippen MR) is 83.3 cm³/mol. The largest absolute Gasteiger partial charge is 0.378 e. The maximum Gasteiger partial charge on any atom is 0.0701 e. The summed E-state index contributed by atoms with van der Waals surface area (Å²) in [6.45, 7) is 17.1. The number of ether oxygens (including phenoxy) is 2. The third kappa shape index (κ3) is 10.6. The SMILES string of the molecule is CC(C)(C)CNCCOCCOCCN1CCNCC1. The van der Waals surface area contributed by atoms with Crippen molar-refractivity contribution in [1.29, 1.82) is 0 Å². The average molecular weight is 287 g/mol. The fourth-order valence-electron chi connectivity index (χ4n) is 2.06. The Kier molecular flexibility index (Phi) is 9.39. The van der Waals surface area contributed by atoms with Gasteiger partial charge in [0.1, 0.15) is 0 Å². The summed E-state index contributed by atoms with van der Waals surface area (Å²) in [5, 5.41) is 6.74. The molecule has 0 unspecified atom stereocenters. The van der Waals surface area contributed by atoms with E-state index in [1.165, 1.54) is 0 Å². The lowest BCUT2D eigenvalue weighted by Gasteiger charge is -2.26. The van der Waals surface area contributed by atoms with Crippen LogP contribution < -0.4 is 10.6 Å². The molecular weight excluding hydrogens is 254 g/mol. The zero-order valence-electron chi connectivity index (χ0n) is 13.5. The first-order valence-electron chi connectivity index (χ1n) is 7.87. The minimum atomic E-state index is 0.340. The molecule has 0 aromatic carbocycles. The fraction of sp³-hybridized carbons (Fsp3) is 1.00. The molecule has 2 N–H and O–H groups in total. The summed E-state index contributed by atoms with van der Waals surface area (Å²) in [5.41, 5.74) is 0.340. The van der Waals surface area contributed by atoms with E-state index in [-0.39, 0.29) is 0 Å². The van der Waals surface area contributed by atoms with Crippen LogP contribution in [0.2, 0.25) is 0 Å². The number of hydrogen-bond acceptors (Lipinski definition) is 5. The predicted octanol–water partition coefficient (Wildman–Crippen LogP) is 0.561. The van der Waals surface area contributed by atoms with E-state index >= 15 is 0 Å². The number of piperazine rings is 1. The van der Waals surface area contributed by atoms with Crippen LogP contribution in [0, 0.1) is 5.41 Å². The van der Waals surface area contributed by atoms with Gasteiger partial charge in [-0.05, 0) is 5.41 Å². The molecule has 0 spiro atoms. The maximum absolute atomic E-state index is 5.59. The Morgan fingerprint density at radius 2 is 1.65 bits per heavy atom. The molecule has 0 amide bonds. The van der Waals surface area contributed by atoms with E-state index in [4.69, 9.17) is 9.47 Å². The van der Waals surface area contributed by atoms with E-state index < -0.39 is 0 Å². The fourth-order valence-corrected chi connectivity index (χ4v) is 2.06. The van der Waals surface area contributed by atoms with Gasteiger partial charge in [-0.25, -0.2) is 0 Å². The first-order chi connectivity index (χ1) is 9.58. The van der Waals surface area contributed by atoms with Crippen molar-refractivity contribution in [2.24, 2.45) is 5.41 Å². The van der Waals surface area contributed by atoms with Crippen LogP contribution >= 0.6 is 0 Å². The Labute approximate surface area is 124 Å². The molecule has 20 heavy (non-hydrogen) atoms. The van der Waals surface area contributed by atoms with Crippen LogP contribution in [-0.2, 0) is 9.47 Å². The molecular formula is C15H33N3O2. The third-order valence-corrected chi connectivity index (χ3v) is 3.21. The highest BCUT2D eigenvalue weighted by Crippen LogP contribution is 2.09. The van der Waals surface area contributed by atoms with Crippen LogP contribution in [0.3, 0.4) is 0 Å². The Hall–Kier alpha value is -0.200. The van der Waals surface area contributed by atoms with Crippen molar-refractivity contribution in [2.75, 3.05) is 72.2 Å². The normalized spacial score (nSPS) is 17.6. The summed E-state index contributed by atoms with van der Waals surface area (Å²) in [4.78, 5) is 2.44. The van der Waals surface area contributed by atoms with Crippen molar-refractivity contribution in [2.45, 2.75) is 20.8 Å². The van der Waals surface area contributed by atoms with Gasteiger partial charge in [0.25, 0.3) is 0 Å². The van der Waals surface area contributed by atoms with Gasteiger partial charge < -0.3 is 20.1 Å². The molecule has 0 saturated carbocycles. The Balaban J connectivity index is 1.76. The van der Waals surface area contributed by atoms with Crippen LogP contribution in [0.4, 0.5) is 0 Å². The van der Waals surface area contributed by atoms with E-state index in [1.54, 1.807) is 0 Å². The van der Waals surface area contributed by atoms with Crippen molar-refractivity contribution in [3.63, 3.8) is 0 Å². The summed E-state index contributed by atoms with van der Waals surface area (Å²) in [6.07, 6.45) is 0. The van der Waals surface area contributed by atoms with E-state index in [0.29, 0.717) is 18.6 Å². The molecule has 0 aliphatic carbocycles. The van der Waals surface area contributed by atoms with Crippen molar-refractivity contribution < 1.29 is 9.47 Å². The maximum atomic E-state index is 5.59. The number of nitrogens with zero attached hydrogens (tertiary/aromatic N) is 1. The lowest BCUT2D eigenvalue weighted by molar-refractivity contribution is 0.0380. The van der Waals surface area contributed by atoms with Gasteiger partial charge in [-0.3, -0.25) is 4.90 Å². The second-order valence-electron chi connectivity index (χ2n) is 6.55. The molecule has 1 fully saturated rings. The topological polar surface area (TPSA) is 45.8 Å². The smallest absolute Gasteiger partial charge is 0.0701 e. The van der Waals surface area contributed by atoms with E-state index in [2.05, 4.69) is 36.3 Å². The van der Waals surface area contributed by atoms with Crippen LogP contribution in [0.5, 0.6) is 0 Å². The Bertz CT molecular complexity index is 226. The van der Waals surface area contributed by atoms with Gasteiger partial charge >= 0.3 is 0 Å². The van der Waals surface area contributed by atoms with Gasteiger partial charge in [0.15, 0.2) is 0 Å². The quantitative estimate of drug-likeness (QED) is 0.575. The summed E-state index contributed by atoms with van der Waals surface area (Å²) in [5.74, 6) is 0. The lowest BCUT2D eigenvalue weighted by Crippen LogP contribution is -2.44. The molecule has 1 rings (SSSR count). The zero-order chi connectivity index (χ0) is 14.7. The second-order valence-corrected chi connectivity index (χ2v) is 6.55. The van der Waals surface area contributed by atoms with Gasteiger partial charge in [-0.15, -0.1) is 0 Å². The monoisotopic (exact) mass is 287 g/mol. The molecule has 1 heterocycles. The van der Waals surface area contributed by atoms with Crippen LogP contribution in [0.1, 0.15) is 20.8 Å². The van der Waals surface area contributed by atoms with E-state index in [1.807, 2.05) is 0 Å². The van der Waals surface area contributed by atoms with Crippen molar-refractivity contribution in [1.82, 2.24) is 15.5 Å². The number of rotatable bonds is 10. The highest BCUT2D eigenvalue weighted by Gasteiger charge is 2.09. The van der Waals surface area contributed by atoms with Gasteiger partial charge in [0.2, 0.25) is 0 Å². The highest BCUT2D eigenvalue weighted by atomic mass is 16.5. The molecule has 0 atom stereocenters. The van der Waals surface area contributed by atoms with E-state index in [0.717, 1.165) is 59.0 Å². The first kappa shape index (κ1) is 17.9. The second kappa shape index (κ2) is 10.5. The zero-order valence-corrected chi connectivity index (χ0v) is 13.5. The van der Waals surface area contributed by atoms with Gasteiger partial charge in [-0.1, -0.05) is 20.8 Å². The summed E-state index contributed by atoms with van der Waals surface area (Å²) in [6, 6.07) is 0. The summed E-state index contributed by atoms with van der Waals surface area (Å²) < 4.78 is 11.1. The highest BCUT2D eigenvalue weighted by molar-refractivity contribution is 4.66. The number of nitrogens with one attached hydrogen (secondary N) is 2. The van der Waals surface area contributed by atoms with Crippen molar-refractivity contribution in [3.8, 4) is 0 Å². The molecule has 0 aromatic rings. The van der Waals surface area contributed by atoms with E-state index in [9.17, 15) is 0 Å². The van der Waals surface area contributed by atoms with Crippen molar-refractivity contribution >= 4 is 0 Å². The minimum Gasteiger partial charge on any atom is -0.378 e. The molecule has 1 saturated heterocycles. The summed E-state index contributed by atoms with van der Waals surface area (Å²) >= 11 is 0. The van der Waals surface area contributed by atoms with Crippen LogP contribution in [0.15, 0.2) is 0 Å². The molecule has 0 radical (unpaired) electrons. The average Bonchev–Trinajstić information content (AvgIpc) is 2.41. The molecule has 5 heteroatoms. The minimum absolute atomic E-state index is 0.340. The molecule has 5 nitrogen and oxygen atoms in total. The van der Waals surface area contributed by atoms with Gasteiger partial charge in [0, 0.05) is 45.8 Å². The standard InChI is InChI=1S/C15H33N3O2/c1-15(2,3)14-17-6-10-19-12-13-20-11-9-18-7-4-16-5-8-18/h16-17H,4-14H2,1-3H3. The van der Waals surface area contributed by atoms with Gasteiger partial charge in [0.05, 0.1) is 26.4 Å². The third-order valence-electron chi connectivity index (χ3n) is 3.21. The van der Waals surface area contributed by atoms with Crippen molar-refractivity contribution in [3.05, 3.63) is 0 Å². The Morgan fingerprint density at radius 3 is 2.30 bits per heavy atom. The summed E-state index contributed by atoms with van der Waals surface area (Å²) in [7, 11) is 0. The first-order valence-corrected chi connectivity index (χ1v) is 7.87. The van der Waals surface area contributed by atoms with Gasteiger partial charge in [-0.2, -0.15) is 0 Å². The van der Waals surface area contributed by atoms with Crippen LogP contribution in [0.25, 0.3) is 0 Å². The van der Waals surface area contributed by atoms with Crippen LogP contribution in [-0.4, -0.2) is 77.1 Å². The molecule has 0 bridgehead atoms. The molecule has 120 valence electrons. The molecule has 0 aromatic heterocycles. The lowest BCUT2D eigenvalue weighted by atomic mass is 9.97. The number of hydrogen-bond donors (Lipinski definition) is 2. The molecule has 1 aliphatic rings. The Morgan fingerprint density at radius 1 is 1.00 bits per heavy atom.